The fourth-order valence-electron chi connectivity index (χ4n) is 1.96. The van der Waals surface area contributed by atoms with E-state index in [0.29, 0.717) is 5.82 Å². The number of fused-ring (bicyclic) bond motifs is 1. The van der Waals surface area contributed by atoms with E-state index in [4.69, 9.17) is 5.84 Å². The second-order valence-electron chi connectivity index (χ2n) is 3.93. The van der Waals surface area contributed by atoms with E-state index in [2.05, 4.69) is 25.6 Å². The molecule has 0 saturated heterocycles. The molecule has 6 heteroatoms. The molecule has 0 radical (unpaired) electrons. The zero-order valence-electron chi connectivity index (χ0n) is 9.54. The van der Waals surface area contributed by atoms with Crippen molar-refractivity contribution in [3.05, 3.63) is 54.2 Å². The molecule has 2 heterocycles. The Bertz CT molecular complexity index is 648. The third kappa shape index (κ3) is 1.83. The molecule has 18 heavy (non-hydrogen) atoms. The van der Waals surface area contributed by atoms with Crippen LogP contribution in [-0.2, 0) is 0 Å². The largest absolute Gasteiger partial charge is 0.270 e. The lowest BCUT2D eigenvalue weighted by Gasteiger charge is -2.13. The van der Waals surface area contributed by atoms with Crippen molar-refractivity contribution >= 4 is 10.9 Å². The number of pyridine rings is 1. The molecule has 0 spiro atoms. The van der Waals surface area contributed by atoms with Gasteiger partial charge in [0.15, 0.2) is 0 Å². The van der Waals surface area contributed by atoms with Gasteiger partial charge in [-0.2, -0.15) is 5.10 Å². The van der Waals surface area contributed by atoms with Gasteiger partial charge in [0.2, 0.25) is 0 Å². The Kier molecular flexibility index (Phi) is 2.71. The molecule has 4 N–H and O–H groups in total. The monoisotopic (exact) mass is 240 g/mol. The highest BCUT2D eigenvalue weighted by molar-refractivity contribution is 5.79. The smallest absolute Gasteiger partial charge is 0.147 e. The van der Waals surface area contributed by atoms with Gasteiger partial charge in [-0.05, 0) is 23.8 Å². The first-order valence-corrected chi connectivity index (χ1v) is 5.54. The minimum atomic E-state index is -0.211. The fraction of sp³-hybridized carbons (Fsp3) is 0.0833. The van der Waals surface area contributed by atoms with E-state index in [-0.39, 0.29) is 6.04 Å². The van der Waals surface area contributed by atoms with Gasteiger partial charge in [-0.3, -0.25) is 15.9 Å². The molecule has 0 aliphatic rings. The number of hydrazine groups is 1. The van der Waals surface area contributed by atoms with Crippen LogP contribution in [0.2, 0.25) is 0 Å². The highest BCUT2D eigenvalue weighted by Crippen LogP contribution is 2.21. The summed E-state index contributed by atoms with van der Waals surface area (Å²) in [5.41, 5.74) is 4.69. The first-order chi connectivity index (χ1) is 8.88. The molecule has 90 valence electrons. The molecule has 0 amide bonds. The summed E-state index contributed by atoms with van der Waals surface area (Å²) in [6.07, 6.45) is 3.24. The van der Waals surface area contributed by atoms with Crippen molar-refractivity contribution in [2.45, 2.75) is 6.04 Å². The number of benzene rings is 1. The first-order valence-electron chi connectivity index (χ1n) is 5.54. The first kappa shape index (κ1) is 10.8. The molecule has 3 rings (SSSR count). The molecule has 2 aromatic heterocycles. The Morgan fingerprint density at radius 3 is 2.94 bits per heavy atom. The highest BCUT2D eigenvalue weighted by atomic mass is 15.3. The van der Waals surface area contributed by atoms with Crippen LogP contribution in [0.4, 0.5) is 0 Å². The van der Waals surface area contributed by atoms with Crippen molar-refractivity contribution in [1.82, 2.24) is 25.6 Å². The summed E-state index contributed by atoms with van der Waals surface area (Å²) in [6, 6.07) is 9.69. The second kappa shape index (κ2) is 4.52. The molecule has 1 atom stereocenters. The van der Waals surface area contributed by atoms with E-state index in [0.717, 1.165) is 16.5 Å². The molecule has 6 nitrogen and oxygen atoms in total. The quantitative estimate of drug-likeness (QED) is 0.467. The Hall–Kier alpha value is -2.31. The lowest BCUT2D eigenvalue weighted by molar-refractivity contribution is 0.604. The number of nitrogens with zero attached hydrogens (tertiary/aromatic N) is 3. The summed E-state index contributed by atoms with van der Waals surface area (Å²) >= 11 is 0. The number of rotatable bonds is 3. The number of hydrogen-bond donors (Lipinski definition) is 3. The maximum atomic E-state index is 5.59. The van der Waals surface area contributed by atoms with Crippen LogP contribution in [0.3, 0.4) is 0 Å². The van der Waals surface area contributed by atoms with E-state index >= 15 is 0 Å². The SMILES string of the molecule is NNC(c1ccc2ncccc2c1)c1ncn[nH]1. The van der Waals surface area contributed by atoms with Crippen LogP contribution in [0.25, 0.3) is 10.9 Å². The van der Waals surface area contributed by atoms with E-state index < -0.39 is 0 Å². The summed E-state index contributed by atoms with van der Waals surface area (Å²) in [5, 5.41) is 7.71. The van der Waals surface area contributed by atoms with Gasteiger partial charge in [-0.25, -0.2) is 10.4 Å². The van der Waals surface area contributed by atoms with Crippen LogP contribution in [-0.4, -0.2) is 20.2 Å². The van der Waals surface area contributed by atoms with Crippen LogP contribution < -0.4 is 11.3 Å². The molecule has 0 fully saturated rings. The van der Waals surface area contributed by atoms with Crippen LogP contribution in [0.5, 0.6) is 0 Å². The predicted molar refractivity (Wildman–Crippen MR) is 67.3 cm³/mol. The standard InChI is InChI=1S/C12H12N6/c13-17-11(12-15-7-16-18-12)9-3-4-10-8(6-9)2-1-5-14-10/h1-7,11,17H,13H2,(H,15,16,18). The molecule has 3 aromatic rings. The van der Waals surface area contributed by atoms with Crippen molar-refractivity contribution < 1.29 is 0 Å². The molecular weight excluding hydrogens is 228 g/mol. The van der Waals surface area contributed by atoms with Crippen molar-refractivity contribution in [3.8, 4) is 0 Å². The molecule has 1 unspecified atom stereocenters. The lowest BCUT2D eigenvalue weighted by atomic mass is 10.0. The van der Waals surface area contributed by atoms with Gasteiger partial charge in [0.05, 0.1) is 5.52 Å². The van der Waals surface area contributed by atoms with Crippen LogP contribution in [0.1, 0.15) is 17.4 Å². The molecule has 0 aliphatic heterocycles. The van der Waals surface area contributed by atoms with Crippen molar-refractivity contribution in [1.29, 1.82) is 0 Å². The summed E-state index contributed by atoms with van der Waals surface area (Å²) in [5.74, 6) is 6.27. The molecular formula is C12H12N6. The number of aromatic nitrogens is 4. The average Bonchev–Trinajstić information content (AvgIpc) is 2.93. The number of nitrogens with two attached hydrogens (primary N) is 1. The van der Waals surface area contributed by atoms with Crippen molar-refractivity contribution in [2.24, 2.45) is 5.84 Å². The van der Waals surface area contributed by atoms with Gasteiger partial charge in [-0.15, -0.1) is 0 Å². The third-order valence-electron chi connectivity index (χ3n) is 2.83. The van der Waals surface area contributed by atoms with Gasteiger partial charge >= 0.3 is 0 Å². The number of nitrogens with one attached hydrogen (secondary N) is 2. The van der Waals surface area contributed by atoms with Crippen LogP contribution in [0, 0.1) is 0 Å². The number of hydrogen-bond acceptors (Lipinski definition) is 5. The third-order valence-corrected chi connectivity index (χ3v) is 2.83. The Morgan fingerprint density at radius 1 is 1.22 bits per heavy atom. The maximum Gasteiger partial charge on any atom is 0.147 e. The Labute approximate surface area is 103 Å². The molecule has 0 aliphatic carbocycles. The summed E-state index contributed by atoms with van der Waals surface area (Å²) in [7, 11) is 0. The maximum absolute atomic E-state index is 5.59. The van der Waals surface area contributed by atoms with Gasteiger partial charge in [0.25, 0.3) is 0 Å². The average molecular weight is 240 g/mol. The van der Waals surface area contributed by atoms with Crippen LogP contribution >= 0.6 is 0 Å². The van der Waals surface area contributed by atoms with Gasteiger partial charge < -0.3 is 0 Å². The van der Waals surface area contributed by atoms with Gasteiger partial charge in [-0.1, -0.05) is 12.1 Å². The van der Waals surface area contributed by atoms with Crippen molar-refractivity contribution in [2.75, 3.05) is 0 Å². The number of H-pyrrole nitrogens is 1. The Morgan fingerprint density at radius 2 is 2.17 bits per heavy atom. The van der Waals surface area contributed by atoms with E-state index in [1.54, 1.807) is 6.20 Å². The van der Waals surface area contributed by atoms with Crippen LogP contribution in [0.15, 0.2) is 42.9 Å². The predicted octanol–water partition coefficient (Wildman–Crippen LogP) is 0.906. The Balaban J connectivity index is 2.07. The van der Waals surface area contributed by atoms with E-state index in [1.807, 2.05) is 30.3 Å². The van der Waals surface area contributed by atoms with Crippen molar-refractivity contribution in [3.63, 3.8) is 0 Å². The molecule has 1 aromatic carbocycles. The lowest BCUT2D eigenvalue weighted by Crippen LogP contribution is -2.29. The van der Waals surface area contributed by atoms with Gasteiger partial charge in [0, 0.05) is 11.6 Å². The molecule has 0 saturated carbocycles. The zero-order valence-corrected chi connectivity index (χ0v) is 9.54. The number of aromatic amines is 1. The normalized spacial score (nSPS) is 12.7. The summed E-state index contributed by atoms with van der Waals surface area (Å²) < 4.78 is 0. The van der Waals surface area contributed by atoms with E-state index in [1.165, 1.54) is 6.33 Å². The fourth-order valence-corrected chi connectivity index (χ4v) is 1.96. The zero-order chi connectivity index (χ0) is 12.4. The topological polar surface area (TPSA) is 92.5 Å². The van der Waals surface area contributed by atoms with Gasteiger partial charge in [0.1, 0.15) is 18.2 Å². The van der Waals surface area contributed by atoms with E-state index in [9.17, 15) is 0 Å². The minimum Gasteiger partial charge on any atom is -0.270 e. The minimum absolute atomic E-state index is 0.211. The summed E-state index contributed by atoms with van der Waals surface area (Å²) in [4.78, 5) is 8.40. The summed E-state index contributed by atoms with van der Waals surface area (Å²) in [6.45, 7) is 0. The highest BCUT2D eigenvalue weighted by Gasteiger charge is 2.15. The second-order valence-corrected chi connectivity index (χ2v) is 3.93. The molecule has 0 bridgehead atoms.